The first-order valence-electron chi connectivity index (χ1n) is 14.2. The molecule has 0 saturated carbocycles. The molecule has 0 radical (unpaired) electrons. The lowest BCUT2D eigenvalue weighted by molar-refractivity contribution is -0.313. The van der Waals surface area contributed by atoms with E-state index in [4.69, 9.17) is 19.7 Å². The fourth-order valence-electron chi connectivity index (χ4n) is 4.82. The van der Waals surface area contributed by atoms with Crippen molar-refractivity contribution in [2.75, 3.05) is 31.2 Å². The number of nitrogens with zero attached hydrogens (tertiary/aromatic N) is 2. The van der Waals surface area contributed by atoms with Crippen LogP contribution in [-0.4, -0.2) is 143 Å². The van der Waals surface area contributed by atoms with Gasteiger partial charge in [-0.05, 0) is 18.2 Å². The molecule has 3 heterocycles. The summed E-state index contributed by atoms with van der Waals surface area (Å²) < 4.78 is 33.7. The zero-order valence-corrected chi connectivity index (χ0v) is 26.7. The van der Waals surface area contributed by atoms with Crippen LogP contribution in [0.15, 0.2) is 17.1 Å². The Kier molecular flexibility index (Phi) is 13.8. The van der Waals surface area contributed by atoms with Crippen molar-refractivity contribution in [1.29, 1.82) is 0 Å². The highest BCUT2D eigenvalue weighted by Crippen LogP contribution is 2.48. The molecule has 3 unspecified atom stereocenters. The Morgan fingerprint density at radius 3 is 2.54 bits per heavy atom. The highest BCUT2D eigenvalue weighted by molar-refractivity contribution is 7.80. The molecule has 24 heteroatoms. The Hall–Kier alpha value is -2.77. The molecule has 0 spiro atoms. The lowest BCUT2D eigenvalue weighted by atomic mass is 9.88. The number of aliphatic carboxylic acids is 1. The molecule has 2 saturated heterocycles. The normalized spacial score (nSPS) is 31.4. The molecule has 2 amide bonds. The Morgan fingerprint density at radius 1 is 1.25 bits per heavy atom. The van der Waals surface area contributed by atoms with Gasteiger partial charge in [-0.1, -0.05) is 0 Å². The predicted octanol–water partition coefficient (Wildman–Crippen LogP) is -6.10. The molecule has 0 aliphatic carbocycles. The summed E-state index contributed by atoms with van der Waals surface area (Å²) >= 11 is 3.97. The van der Waals surface area contributed by atoms with E-state index in [2.05, 4.69) is 32.8 Å². The maximum absolute atomic E-state index is 12.9. The molecule has 0 bridgehead atoms. The number of nitrogens with two attached hydrogens (primary N) is 1. The molecule has 22 nitrogen and oxygen atoms in total. The van der Waals surface area contributed by atoms with Crippen LogP contribution in [0.5, 0.6) is 0 Å². The number of amides is 2. The van der Waals surface area contributed by atoms with Gasteiger partial charge in [0.25, 0.3) is 13.6 Å². The van der Waals surface area contributed by atoms with Gasteiger partial charge in [-0.25, -0.2) is 9.59 Å². The third-order valence-electron chi connectivity index (χ3n) is 7.27. The van der Waals surface area contributed by atoms with Crippen molar-refractivity contribution in [3.63, 3.8) is 0 Å². The number of phosphoric acid groups is 1. The highest BCUT2D eigenvalue weighted by atomic mass is 32.1. The number of hydrogen-bond donors (Lipinski definition) is 11. The van der Waals surface area contributed by atoms with Gasteiger partial charge in [0.15, 0.2) is 6.23 Å². The van der Waals surface area contributed by atoms with Gasteiger partial charge in [-0.3, -0.25) is 23.2 Å². The van der Waals surface area contributed by atoms with Gasteiger partial charge in [0.2, 0.25) is 11.8 Å². The Labute approximate surface area is 276 Å². The second-order valence-corrected chi connectivity index (χ2v) is 12.6. The standard InChI is InChI=1S/C24H38N5O17PS/c25-13-3-4-29(23(40)27-13)21-19(37)18(36)12(44-21)9-43-47(41,42)46-24(22(38)39)6-10(31)16(20(45-24)17(35)11(32)8-30)28-15(34)7-26-14(33)2-1-5-48/h3-4,10-12,16-21,30-32,35-37,48H,1-2,5-9H2,(H,26,33)(H,28,34)(H,38,39)(H,41,42)(H2,25,27,40)/p-1/t10?,11-,12-,16-,17-,18+,19+,20?,21-,24-/m1/s1. The predicted molar refractivity (Wildman–Crippen MR) is 156 cm³/mol. The van der Waals surface area contributed by atoms with Crippen molar-refractivity contribution in [3.05, 3.63) is 22.7 Å². The van der Waals surface area contributed by atoms with Crippen LogP contribution in [0, 0.1) is 0 Å². The average molecular weight is 731 g/mol. The van der Waals surface area contributed by atoms with Crippen LogP contribution < -0.4 is 27.0 Å². The third kappa shape index (κ3) is 9.68. The van der Waals surface area contributed by atoms with E-state index in [9.17, 15) is 64.4 Å². The number of ether oxygens (including phenoxy) is 2. The topological polar surface area (TPSA) is 355 Å². The number of aromatic nitrogens is 2. The monoisotopic (exact) mass is 730 g/mol. The number of carboxylic acid groups (broad SMARTS) is 1. The Balaban J connectivity index is 1.76. The van der Waals surface area contributed by atoms with Crippen LogP contribution in [0.4, 0.5) is 5.82 Å². The van der Waals surface area contributed by atoms with Gasteiger partial charge < -0.3 is 71.0 Å². The first-order valence-corrected chi connectivity index (χ1v) is 16.3. The van der Waals surface area contributed by atoms with Crippen LogP contribution in [-0.2, 0) is 37.5 Å². The number of aliphatic hydroxyl groups is 6. The van der Waals surface area contributed by atoms with Gasteiger partial charge in [-0.2, -0.15) is 17.6 Å². The van der Waals surface area contributed by atoms with Crippen molar-refractivity contribution >= 4 is 44.1 Å². The minimum Gasteiger partial charge on any atom is -0.756 e. The van der Waals surface area contributed by atoms with Crippen molar-refractivity contribution in [2.24, 2.45) is 0 Å². The summed E-state index contributed by atoms with van der Waals surface area (Å²) in [4.78, 5) is 65.2. The van der Waals surface area contributed by atoms with Gasteiger partial charge in [0, 0.05) is 19.0 Å². The number of carbonyl (C=O) groups is 3. The van der Waals surface area contributed by atoms with E-state index in [0.717, 1.165) is 10.8 Å². The van der Waals surface area contributed by atoms with Crippen LogP contribution in [0.1, 0.15) is 25.5 Å². The third-order valence-corrected chi connectivity index (χ3v) is 8.57. The number of nitrogens with one attached hydrogen (secondary N) is 2. The summed E-state index contributed by atoms with van der Waals surface area (Å²) in [5.41, 5.74) is 4.45. The van der Waals surface area contributed by atoms with Gasteiger partial charge in [0.05, 0.1) is 31.9 Å². The minimum atomic E-state index is -5.85. The molecule has 272 valence electrons. The maximum atomic E-state index is 12.9. The average Bonchev–Trinajstić information content (AvgIpc) is 3.30. The van der Waals surface area contributed by atoms with E-state index in [-0.39, 0.29) is 12.2 Å². The Bertz CT molecular complexity index is 1410. The van der Waals surface area contributed by atoms with Crippen molar-refractivity contribution in [2.45, 2.75) is 80.0 Å². The number of nitrogen functional groups attached to an aromatic ring is 1. The quantitative estimate of drug-likeness (QED) is 0.0557. The number of carboxylic acids is 1. The largest absolute Gasteiger partial charge is 0.756 e. The van der Waals surface area contributed by atoms with Crippen LogP contribution >= 0.6 is 20.5 Å². The number of rotatable bonds is 16. The molecule has 2 aliphatic heterocycles. The van der Waals surface area contributed by atoms with E-state index in [0.29, 0.717) is 12.2 Å². The van der Waals surface area contributed by atoms with E-state index < -0.39 is 118 Å². The molecule has 3 rings (SSSR count). The van der Waals surface area contributed by atoms with E-state index in [1.54, 1.807) is 0 Å². The Morgan fingerprint density at radius 2 is 1.94 bits per heavy atom. The molecule has 0 aromatic carbocycles. The second kappa shape index (κ2) is 16.8. The van der Waals surface area contributed by atoms with Gasteiger partial charge in [-0.15, -0.1) is 0 Å². The number of thiol groups is 1. The first kappa shape index (κ1) is 39.7. The van der Waals surface area contributed by atoms with E-state index in [1.165, 1.54) is 6.07 Å². The zero-order chi connectivity index (χ0) is 36.0. The van der Waals surface area contributed by atoms with Gasteiger partial charge in [0.1, 0.15) is 42.4 Å². The first-order chi connectivity index (χ1) is 22.4. The molecule has 2 fully saturated rings. The summed E-state index contributed by atoms with van der Waals surface area (Å²) in [7, 11) is -5.85. The zero-order valence-electron chi connectivity index (χ0n) is 24.9. The molecule has 11 atom stereocenters. The molecule has 1 aromatic heterocycles. The van der Waals surface area contributed by atoms with Gasteiger partial charge >= 0.3 is 11.7 Å². The maximum Gasteiger partial charge on any atom is 0.364 e. The van der Waals surface area contributed by atoms with E-state index in [1.807, 2.05) is 0 Å². The summed E-state index contributed by atoms with van der Waals surface area (Å²) in [5, 5.41) is 76.1. The van der Waals surface area contributed by atoms with Crippen molar-refractivity contribution in [1.82, 2.24) is 20.2 Å². The lowest BCUT2D eigenvalue weighted by Gasteiger charge is -2.47. The highest BCUT2D eigenvalue weighted by Gasteiger charge is 2.57. The number of hydrogen-bond acceptors (Lipinski definition) is 19. The number of carbonyl (C=O) groups excluding carboxylic acids is 2. The summed E-state index contributed by atoms with van der Waals surface area (Å²) in [6.07, 6.45) is -15.1. The van der Waals surface area contributed by atoms with Crippen molar-refractivity contribution in [3.8, 4) is 0 Å². The smallest absolute Gasteiger partial charge is 0.364 e. The number of aliphatic hydroxyl groups excluding tert-OH is 6. The van der Waals surface area contributed by atoms with Crippen molar-refractivity contribution < 1.29 is 78.1 Å². The molecule has 48 heavy (non-hydrogen) atoms. The number of anilines is 1. The van der Waals surface area contributed by atoms with E-state index >= 15 is 0 Å². The molecule has 11 N–H and O–H groups in total. The second-order valence-electron chi connectivity index (χ2n) is 10.8. The molecule has 1 aromatic rings. The van der Waals surface area contributed by atoms with Crippen LogP contribution in [0.2, 0.25) is 0 Å². The summed E-state index contributed by atoms with van der Waals surface area (Å²) in [6, 6.07) is -0.570. The minimum absolute atomic E-state index is 0.0405. The molecular weight excluding hydrogens is 693 g/mol. The SMILES string of the molecule is Nc1ccn([C@@H]2O[C@H](COP(=O)([O-])O[C@@]3(C(=O)O)CC(O)[C@@H](NC(=O)CNC(=O)CCCS)C([C@H](O)[C@H](O)CO)O3)[C@H](O)[C@@H]2O)c(=O)n1. The number of phosphoric ester groups is 1. The fraction of sp³-hybridized carbons (Fsp3) is 0.708. The lowest BCUT2D eigenvalue weighted by Crippen LogP contribution is -2.68. The molecular formula is C24H37N5O17PS-. The van der Waals surface area contributed by atoms with Crippen LogP contribution in [0.25, 0.3) is 0 Å². The molecule has 2 aliphatic rings. The summed E-state index contributed by atoms with van der Waals surface area (Å²) in [5.74, 6) is -6.78. The summed E-state index contributed by atoms with van der Waals surface area (Å²) in [6.45, 7) is -2.88. The van der Waals surface area contributed by atoms with Crippen LogP contribution in [0.3, 0.4) is 0 Å². The fourth-order valence-corrected chi connectivity index (χ4v) is 5.91.